The summed E-state index contributed by atoms with van der Waals surface area (Å²) in [5.41, 5.74) is 3.21. The molecule has 0 aliphatic carbocycles. The Balaban J connectivity index is 2.11. The van der Waals surface area contributed by atoms with Crippen molar-refractivity contribution >= 4 is 6.21 Å². The highest BCUT2D eigenvalue weighted by Gasteiger charge is 2.11. The van der Waals surface area contributed by atoms with Crippen molar-refractivity contribution in [3.63, 3.8) is 0 Å². The Labute approximate surface area is 121 Å². The Bertz CT molecular complexity index is 761. The van der Waals surface area contributed by atoms with Crippen molar-refractivity contribution in [2.24, 2.45) is 10.9 Å². The van der Waals surface area contributed by atoms with Crippen LogP contribution >= 0.6 is 0 Å². The summed E-state index contributed by atoms with van der Waals surface area (Å²) in [6.45, 7) is 0. The minimum absolute atomic E-state index is 0.282. The van der Waals surface area contributed by atoms with E-state index in [4.69, 9.17) is 5.84 Å². The Morgan fingerprint density at radius 3 is 2.43 bits per heavy atom. The SMILES string of the molecule is N/N=C\c1cn(-c2ccccc2)nc1-c1ccc(F)cc1. The van der Waals surface area contributed by atoms with E-state index in [0.717, 1.165) is 16.8 Å². The molecule has 0 amide bonds. The summed E-state index contributed by atoms with van der Waals surface area (Å²) in [5.74, 6) is 4.97. The van der Waals surface area contributed by atoms with Gasteiger partial charge in [0.05, 0.1) is 11.9 Å². The predicted octanol–water partition coefficient (Wildman–Crippen LogP) is 2.97. The average molecular weight is 280 g/mol. The van der Waals surface area contributed by atoms with Gasteiger partial charge in [0.1, 0.15) is 11.5 Å². The third-order valence-electron chi connectivity index (χ3n) is 3.09. The maximum atomic E-state index is 13.0. The number of rotatable bonds is 3. The standard InChI is InChI=1S/C16H13FN4/c17-14-8-6-12(7-9-14)16-13(10-19-18)11-21(20-16)15-4-2-1-3-5-15/h1-11H,18H2/b19-10-. The molecule has 0 fully saturated rings. The number of para-hydroxylation sites is 1. The molecule has 1 aromatic heterocycles. The van der Waals surface area contributed by atoms with Gasteiger partial charge in [-0.15, -0.1) is 0 Å². The first-order valence-corrected chi connectivity index (χ1v) is 6.42. The molecule has 0 aliphatic rings. The molecular weight excluding hydrogens is 267 g/mol. The van der Waals surface area contributed by atoms with Crippen LogP contribution in [0.4, 0.5) is 4.39 Å². The second-order valence-corrected chi connectivity index (χ2v) is 4.50. The Morgan fingerprint density at radius 2 is 1.76 bits per heavy atom. The molecule has 5 heteroatoms. The molecule has 0 bridgehead atoms. The van der Waals surface area contributed by atoms with Gasteiger partial charge in [-0.25, -0.2) is 9.07 Å². The zero-order valence-electron chi connectivity index (χ0n) is 11.1. The van der Waals surface area contributed by atoms with Gasteiger partial charge in [0.2, 0.25) is 0 Å². The van der Waals surface area contributed by atoms with Crippen molar-refractivity contribution in [1.29, 1.82) is 0 Å². The minimum Gasteiger partial charge on any atom is -0.323 e. The molecule has 0 saturated heterocycles. The van der Waals surface area contributed by atoms with E-state index in [1.807, 2.05) is 36.5 Å². The van der Waals surface area contributed by atoms with Gasteiger partial charge in [-0.1, -0.05) is 18.2 Å². The summed E-state index contributed by atoms with van der Waals surface area (Å²) in [6.07, 6.45) is 3.37. The maximum Gasteiger partial charge on any atom is 0.123 e. The largest absolute Gasteiger partial charge is 0.323 e. The molecule has 3 rings (SSSR count). The van der Waals surface area contributed by atoms with Crippen molar-refractivity contribution in [2.75, 3.05) is 0 Å². The highest BCUT2D eigenvalue weighted by Crippen LogP contribution is 2.22. The zero-order chi connectivity index (χ0) is 14.7. The number of nitrogens with two attached hydrogens (primary N) is 1. The maximum absolute atomic E-state index is 13.0. The monoisotopic (exact) mass is 280 g/mol. The summed E-state index contributed by atoms with van der Waals surface area (Å²) in [4.78, 5) is 0. The first-order chi connectivity index (χ1) is 10.3. The Hall–Kier alpha value is -2.95. The molecule has 2 N–H and O–H groups in total. The lowest BCUT2D eigenvalue weighted by Crippen LogP contribution is -1.94. The van der Waals surface area contributed by atoms with Gasteiger partial charge in [-0.3, -0.25) is 0 Å². The number of hydrogen-bond donors (Lipinski definition) is 1. The van der Waals surface area contributed by atoms with Crippen LogP contribution in [-0.4, -0.2) is 16.0 Å². The topological polar surface area (TPSA) is 56.2 Å². The van der Waals surface area contributed by atoms with Crippen LogP contribution < -0.4 is 5.84 Å². The van der Waals surface area contributed by atoms with Crippen molar-refractivity contribution in [2.45, 2.75) is 0 Å². The molecule has 0 unspecified atom stereocenters. The van der Waals surface area contributed by atoms with Gasteiger partial charge in [0.25, 0.3) is 0 Å². The number of hydrazone groups is 1. The Kier molecular flexibility index (Phi) is 3.47. The molecular formula is C16H13FN4. The van der Waals surface area contributed by atoms with E-state index in [-0.39, 0.29) is 5.82 Å². The number of hydrogen-bond acceptors (Lipinski definition) is 3. The third-order valence-corrected chi connectivity index (χ3v) is 3.09. The lowest BCUT2D eigenvalue weighted by molar-refractivity contribution is 0.628. The fourth-order valence-electron chi connectivity index (χ4n) is 2.11. The van der Waals surface area contributed by atoms with Gasteiger partial charge in [-0.05, 0) is 36.4 Å². The second-order valence-electron chi connectivity index (χ2n) is 4.50. The summed E-state index contributed by atoms with van der Waals surface area (Å²) >= 11 is 0. The van der Waals surface area contributed by atoms with Crippen molar-refractivity contribution < 1.29 is 4.39 Å². The van der Waals surface area contributed by atoms with Crippen LogP contribution in [0.3, 0.4) is 0 Å². The number of nitrogens with zero attached hydrogens (tertiary/aromatic N) is 3. The quantitative estimate of drug-likeness (QED) is 0.455. The van der Waals surface area contributed by atoms with E-state index in [0.29, 0.717) is 5.69 Å². The molecule has 21 heavy (non-hydrogen) atoms. The van der Waals surface area contributed by atoms with E-state index in [2.05, 4.69) is 10.2 Å². The summed E-state index contributed by atoms with van der Waals surface area (Å²) in [5, 5.41) is 8.11. The molecule has 0 radical (unpaired) electrons. The van der Waals surface area contributed by atoms with Crippen LogP contribution in [0.2, 0.25) is 0 Å². The van der Waals surface area contributed by atoms with Gasteiger partial charge in [-0.2, -0.15) is 10.2 Å². The van der Waals surface area contributed by atoms with E-state index in [9.17, 15) is 4.39 Å². The van der Waals surface area contributed by atoms with Crippen LogP contribution in [0.1, 0.15) is 5.56 Å². The molecule has 0 saturated carbocycles. The third kappa shape index (κ3) is 2.67. The lowest BCUT2D eigenvalue weighted by atomic mass is 10.1. The van der Waals surface area contributed by atoms with Crippen LogP contribution in [0, 0.1) is 5.82 Å². The minimum atomic E-state index is -0.282. The van der Waals surface area contributed by atoms with Crippen LogP contribution in [0.25, 0.3) is 16.9 Å². The normalized spacial score (nSPS) is 11.1. The smallest absolute Gasteiger partial charge is 0.123 e. The van der Waals surface area contributed by atoms with Gasteiger partial charge < -0.3 is 5.84 Å². The van der Waals surface area contributed by atoms with Gasteiger partial charge >= 0.3 is 0 Å². The molecule has 2 aromatic carbocycles. The highest BCUT2D eigenvalue weighted by atomic mass is 19.1. The van der Waals surface area contributed by atoms with Gasteiger partial charge in [0, 0.05) is 17.3 Å². The lowest BCUT2D eigenvalue weighted by Gasteiger charge is -2.00. The van der Waals surface area contributed by atoms with E-state index >= 15 is 0 Å². The van der Waals surface area contributed by atoms with E-state index in [1.54, 1.807) is 16.8 Å². The molecule has 1 heterocycles. The van der Waals surface area contributed by atoms with Crippen LogP contribution in [-0.2, 0) is 0 Å². The molecule has 0 spiro atoms. The molecule has 3 aromatic rings. The molecule has 0 atom stereocenters. The summed E-state index contributed by atoms with van der Waals surface area (Å²) in [7, 11) is 0. The van der Waals surface area contributed by atoms with E-state index < -0.39 is 0 Å². The first-order valence-electron chi connectivity index (χ1n) is 6.42. The molecule has 104 valence electrons. The highest BCUT2D eigenvalue weighted by molar-refractivity contribution is 5.88. The Morgan fingerprint density at radius 1 is 1.05 bits per heavy atom. The first kappa shape index (κ1) is 13.1. The van der Waals surface area contributed by atoms with Crippen molar-refractivity contribution in [3.05, 3.63) is 72.2 Å². The number of halogens is 1. The summed E-state index contributed by atoms with van der Waals surface area (Å²) in [6, 6.07) is 15.9. The average Bonchev–Trinajstić information content (AvgIpc) is 2.93. The predicted molar refractivity (Wildman–Crippen MR) is 80.7 cm³/mol. The second kappa shape index (κ2) is 5.58. The van der Waals surface area contributed by atoms with Gasteiger partial charge in [0.15, 0.2) is 0 Å². The number of benzene rings is 2. The molecule has 4 nitrogen and oxygen atoms in total. The zero-order valence-corrected chi connectivity index (χ0v) is 11.1. The number of aromatic nitrogens is 2. The fraction of sp³-hybridized carbons (Fsp3) is 0. The van der Waals surface area contributed by atoms with Crippen molar-refractivity contribution in [1.82, 2.24) is 9.78 Å². The van der Waals surface area contributed by atoms with Crippen molar-refractivity contribution in [3.8, 4) is 16.9 Å². The van der Waals surface area contributed by atoms with E-state index in [1.165, 1.54) is 18.3 Å². The van der Waals surface area contributed by atoms with Crippen LogP contribution in [0.5, 0.6) is 0 Å². The molecule has 0 aliphatic heterocycles. The summed E-state index contributed by atoms with van der Waals surface area (Å²) < 4.78 is 14.8. The fourth-order valence-corrected chi connectivity index (χ4v) is 2.11. The van der Waals surface area contributed by atoms with Crippen LogP contribution in [0.15, 0.2) is 65.9 Å².